The lowest BCUT2D eigenvalue weighted by Crippen LogP contribution is -2.51. The first-order chi connectivity index (χ1) is 12.5. The molecule has 1 saturated heterocycles. The first-order valence-corrected chi connectivity index (χ1v) is 8.84. The highest BCUT2D eigenvalue weighted by Crippen LogP contribution is 2.28. The number of amides is 2. The van der Waals surface area contributed by atoms with Gasteiger partial charge in [0, 0.05) is 38.4 Å². The third-order valence-corrected chi connectivity index (χ3v) is 4.95. The number of nitrogens with one attached hydrogen (secondary N) is 2. The molecular weight excluding hydrogens is 332 g/mol. The summed E-state index contributed by atoms with van der Waals surface area (Å²) in [5.41, 5.74) is 3.07. The van der Waals surface area contributed by atoms with Crippen molar-refractivity contribution in [2.24, 2.45) is 0 Å². The fraction of sp³-hybridized carbons (Fsp3) is 0.474. The highest BCUT2D eigenvalue weighted by Gasteiger charge is 2.34. The highest BCUT2D eigenvalue weighted by molar-refractivity contribution is 5.95. The van der Waals surface area contributed by atoms with Crippen LogP contribution in [0.5, 0.6) is 0 Å². The van der Waals surface area contributed by atoms with Crippen molar-refractivity contribution in [3.63, 3.8) is 0 Å². The zero-order chi connectivity index (χ0) is 18.7. The van der Waals surface area contributed by atoms with E-state index < -0.39 is 12.0 Å². The molecule has 0 bridgehead atoms. The van der Waals surface area contributed by atoms with Gasteiger partial charge in [-0.05, 0) is 19.5 Å². The molecule has 0 aromatic heterocycles. The van der Waals surface area contributed by atoms with Crippen molar-refractivity contribution in [3.05, 3.63) is 46.7 Å². The molecule has 2 heterocycles. The zero-order valence-corrected chi connectivity index (χ0v) is 15.5. The summed E-state index contributed by atoms with van der Waals surface area (Å²) in [4.78, 5) is 29.3. The van der Waals surface area contributed by atoms with Crippen molar-refractivity contribution >= 4 is 12.0 Å². The quantitative estimate of drug-likeness (QED) is 0.787. The van der Waals surface area contributed by atoms with E-state index >= 15 is 0 Å². The normalized spacial score (nSPS) is 22.0. The van der Waals surface area contributed by atoms with Gasteiger partial charge in [-0.25, -0.2) is 9.59 Å². The molecule has 140 valence electrons. The molecule has 26 heavy (non-hydrogen) atoms. The molecule has 0 aliphatic carbocycles. The number of hydrogen-bond donors (Lipinski definition) is 2. The molecule has 0 spiro atoms. The van der Waals surface area contributed by atoms with Crippen LogP contribution in [0.15, 0.2) is 35.5 Å². The predicted molar refractivity (Wildman–Crippen MR) is 98.6 cm³/mol. The Morgan fingerprint density at radius 3 is 2.46 bits per heavy atom. The Kier molecular flexibility index (Phi) is 5.58. The summed E-state index contributed by atoms with van der Waals surface area (Å²) in [5, 5.41) is 5.68. The van der Waals surface area contributed by atoms with Crippen molar-refractivity contribution < 1.29 is 14.3 Å². The monoisotopic (exact) mass is 358 g/mol. The standard InChI is InChI=1S/C19H26N4O3/c1-13-4-6-14(7-5-13)17-16(18(24)26-3)15(20-19(25)21-17)12-23-10-8-22(2)9-11-23/h4-7,17H,8-12H2,1-3H3,(H2,20,21,25)/t17-/m0/s1. The third kappa shape index (κ3) is 4.05. The van der Waals surface area contributed by atoms with Crippen LogP contribution in [0, 0.1) is 6.92 Å². The Morgan fingerprint density at radius 1 is 1.19 bits per heavy atom. The molecule has 2 N–H and O–H groups in total. The van der Waals surface area contributed by atoms with Gasteiger partial charge in [0.2, 0.25) is 0 Å². The first kappa shape index (κ1) is 18.4. The van der Waals surface area contributed by atoms with Crippen LogP contribution in [0.1, 0.15) is 17.2 Å². The number of rotatable bonds is 4. The number of likely N-dealkylation sites (N-methyl/N-ethyl adjacent to an activating group) is 1. The van der Waals surface area contributed by atoms with Crippen molar-refractivity contribution in [3.8, 4) is 0 Å². The predicted octanol–water partition coefficient (Wildman–Crippen LogP) is 1.02. The minimum atomic E-state index is -0.515. The van der Waals surface area contributed by atoms with Crippen molar-refractivity contribution in [1.82, 2.24) is 20.4 Å². The Hall–Kier alpha value is -2.38. The van der Waals surface area contributed by atoms with Gasteiger partial charge in [-0.1, -0.05) is 29.8 Å². The number of nitrogens with zero attached hydrogens (tertiary/aromatic N) is 2. The lowest BCUT2D eigenvalue weighted by atomic mass is 9.94. The summed E-state index contributed by atoms with van der Waals surface area (Å²) in [6, 6.07) is 6.99. The maximum Gasteiger partial charge on any atom is 0.338 e. The third-order valence-electron chi connectivity index (χ3n) is 4.95. The van der Waals surface area contributed by atoms with Gasteiger partial charge in [0.25, 0.3) is 0 Å². The summed E-state index contributed by atoms with van der Waals surface area (Å²) in [7, 11) is 3.46. The average Bonchev–Trinajstić information content (AvgIpc) is 2.63. The Bertz CT molecular complexity index is 706. The Morgan fingerprint density at radius 2 is 1.85 bits per heavy atom. The van der Waals surface area contributed by atoms with E-state index in [-0.39, 0.29) is 6.03 Å². The van der Waals surface area contributed by atoms with Crippen molar-refractivity contribution in [2.45, 2.75) is 13.0 Å². The van der Waals surface area contributed by atoms with E-state index in [9.17, 15) is 9.59 Å². The van der Waals surface area contributed by atoms with Crippen LogP contribution in [-0.4, -0.2) is 68.7 Å². The van der Waals surface area contributed by atoms with Gasteiger partial charge in [-0.15, -0.1) is 0 Å². The van der Waals surface area contributed by atoms with Crippen LogP contribution in [-0.2, 0) is 9.53 Å². The van der Waals surface area contributed by atoms with Crippen LogP contribution in [0.2, 0.25) is 0 Å². The minimum Gasteiger partial charge on any atom is -0.466 e. The van der Waals surface area contributed by atoms with E-state index in [0.29, 0.717) is 17.8 Å². The largest absolute Gasteiger partial charge is 0.466 e. The maximum absolute atomic E-state index is 12.5. The highest BCUT2D eigenvalue weighted by atomic mass is 16.5. The molecule has 2 aliphatic heterocycles. The second-order valence-corrected chi connectivity index (χ2v) is 6.91. The van der Waals surface area contributed by atoms with E-state index in [2.05, 4.69) is 27.5 Å². The number of carbonyl (C=O) groups is 2. The van der Waals surface area contributed by atoms with E-state index in [1.807, 2.05) is 31.2 Å². The van der Waals surface area contributed by atoms with Crippen molar-refractivity contribution in [2.75, 3.05) is 46.9 Å². The topological polar surface area (TPSA) is 73.9 Å². The van der Waals surface area contributed by atoms with Gasteiger partial charge < -0.3 is 20.3 Å². The van der Waals surface area contributed by atoms with Gasteiger partial charge in [0.1, 0.15) is 0 Å². The molecule has 0 saturated carbocycles. The summed E-state index contributed by atoms with van der Waals surface area (Å²) < 4.78 is 5.02. The SMILES string of the molecule is COC(=O)C1=C(CN2CCN(C)CC2)NC(=O)N[C@H]1c1ccc(C)cc1. The number of piperazine rings is 1. The van der Waals surface area contributed by atoms with E-state index in [1.165, 1.54) is 7.11 Å². The minimum absolute atomic E-state index is 0.299. The summed E-state index contributed by atoms with van der Waals surface area (Å²) in [5.74, 6) is -0.424. The number of aryl methyl sites for hydroxylation is 1. The Labute approximate surface area is 154 Å². The number of methoxy groups -OCH3 is 1. The lowest BCUT2D eigenvalue weighted by molar-refractivity contribution is -0.136. The number of benzene rings is 1. The summed E-state index contributed by atoms with van der Waals surface area (Å²) >= 11 is 0. The number of esters is 1. The van der Waals surface area contributed by atoms with Crippen LogP contribution in [0.25, 0.3) is 0 Å². The van der Waals surface area contributed by atoms with Crippen LogP contribution in [0.3, 0.4) is 0 Å². The number of carbonyl (C=O) groups excluding carboxylic acids is 2. The summed E-state index contributed by atoms with van der Waals surface area (Å²) in [6.07, 6.45) is 0. The van der Waals surface area contributed by atoms with Crippen LogP contribution in [0.4, 0.5) is 4.79 Å². The Balaban J connectivity index is 1.93. The average molecular weight is 358 g/mol. The molecule has 7 heteroatoms. The van der Waals surface area contributed by atoms with Crippen molar-refractivity contribution in [1.29, 1.82) is 0 Å². The van der Waals surface area contributed by atoms with E-state index in [0.717, 1.165) is 37.3 Å². The smallest absolute Gasteiger partial charge is 0.338 e. The molecule has 2 amide bonds. The molecule has 0 radical (unpaired) electrons. The number of ether oxygens (including phenoxy) is 1. The van der Waals surface area contributed by atoms with Crippen LogP contribution < -0.4 is 10.6 Å². The first-order valence-electron chi connectivity index (χ1n) is 8.84. The van der Waals surface area contributed by atoms with Gasteiger partial charge in [0.05, 0.1) is 18.7 Å². The van der Waals surface area contributed by atoms with E-state index in [1.54, 1.807) is 0 Å². The molecule has 0 unspecified atom stereocenters. The second kappa shape index (κ2) is 7.88. The lowest BCUT2D eigenvalue weighted by Gasteiger charge is -2.35. The molecular formula is C19H26N4O3. The molecule has 3 rings (SSSR count). The molecule has 1 atom stereocenters. The van der Waals surface area contributed by atoms with Crippen LogP contribution >= 0.6 is 0 Å². The second-order valence-electron chi connectivity index (χ2n) is 6.91. The van der Waals surface area contributed by atoms with Gasteiger partial charge >= 0.3 is 12.0 Å². The number of urea groups is 1. The van der Waals surface area contributed by atoms with Gasteiger partial charge in [0.15, 0.2) is 0 Å². The van der Waals surface area contributed by atoms with Gasteiger partial charge in [-0.3, -0.25) is 4.90 Å². The molecule has 1 fully saturated rings. The molecule has 2 aliphatic rings. The molecule has 7 nitrogen and oxygen atoms in total. The fourth-order valence-corrected chi connectivity index (χ4v) is 3.33. The van der Waals surface area contributed by atoms with Gasteiger partial charge in [-0.2, -0.15) is 0 Å². The molecule has 1 aromatic rings. The van der Waals surface area contributed by atoms with E-state index in [4.69, 9.17) is 4.74 Å². The maximum atomic E-state index is 12.5. The summed E-state index contributed by atoms with van der Waals surface area (Å²) in [6.45, 7) is 6.25. The molecule has 1 aromatic carbocycles. The number of hydrogen-bond acceptors (Lipinski definition) is 5. The zero-order valence-electron chi connectivity index (χ0n) is 15.5. The fourth-order valence-electron chi connectivity index (χ4n) is 3.33.